The third kappa shape index (κ3) is 4.95. The monoisotopic (exact) mass is 271 g/mol. The van der Waals surface area contributed by atoms with Crippen molar-refractivity contribution in [2.45, 2.75) is 45.3 Å². The first kappa shape index (κ1) is 15.6. The predicted octanol–water partition coefficient (Wildman–Crippen LogP) is 2.17. The zero-order valence-electron chi connectivity index (χ0n) is 11.3. The minimum absolute atomic E-state index is 0.160. The number of hydrogen-bond donors (Lipinski definition) is 2. The second-order valence-electron chi connectivity index (χ2n) is 5.22. The van der Waals surface area contributed by atoms with Crippen molar-refractivity contribution >= 4 is 5.91 Å². The second kappa shape index (κ2) is 6.10. The number of aryl methyl sites for hydroxylation is 1. The van der Waals surface area contributed by atoms with Crippen LogP contribution in [0.3, 0.4) is 0 Å². The lowest BCUT2D eigenvalue weighted by atomic mass is 10.0. The Morgan fingerprint density at radius 1 is 1.37 bits per heavy atom. The van der Waals surface area contributed by atoms with E-state index in [1.807, 2.05) is 0 Å². The molecule has 0 aromatic heterocycles. The molecule has 0 fully saturated rings. The fourth-order valence-electron chi connectivity index (χ4n) is 1.55. The zero-order chi connectivity index (χ0) is 14.6. The van der Waals surface area contributed by atoms with Crippen LogP contribution in [0.4, 0.5) is 8.78 Å². The van der Waals surface area contributed by atoms with E-state index < -0.39 is 23.1 Å². The van der Waals surface area contributed by atoms with Crippen LogP contribution in [0.25, 0.3) is 0 Å². The van der Waals surface area contributed by atoms with Gasteiger partial charge in [-0.2, -0.15) is 0 Å². The number of benzene rings is 1. The first-order chi connectivity index (χ1) is 8.70. The SMILES string of the molecule is CC(CCc1ccc(F)c(F)c1)NC(=O)C(C)(C)O. The highest BCUT2D eigenvalue weighted by Crippen LogP contribution is 2.11. The molecule has 0 aliphatic heterocycles. The number of halogens is 2. The molecular weight excluding hydrogens is 252 g/mol. The van der Waals surface area contributed by atoms with Crippen molar-refractivity contribution in [3.05, 3.63) is 35.4 Å². The molecule has 3 nitrogen and oxygen atoms in total. The first-order valence-electron chi connectivity index (χ1n) is 6.17. The summed E-state index contributed by atoms with van der Waals surface area (Å²) in [6.07, 6.45) is 1.09. The molecule has 1 amide bonds. The molecule has 19 heavy (non-hydrogen) atoms. The Morgan fingerprint density at radius 3 is 2.53 bits per heavy atom. The van der Waals surface area contributed by atoms with Gasteiger partial charge in [0.25, 0.3) is 5.91 Å². The molecule has 0 spiro atoms. The normalized spacial score (nSPS) is 13.2. The molecule has 1 aromatic carbocycles. The topological polar surface area (TPSA) is 49.3 Å². The number of carbonyl (C=O) groups excluding carboxylic acids is 1. The maximum Gasteiger partial charge on any atom is 0.251 e. The van der Waals surface area contributed by atoms with Gasteiger partial charge in [0.2, 0.25) is 0 Å². The molecule has 1 aromatic rings. The van der Waals surface area contributed by atoms with Crippen LogP contribution >= 0.6 is 0 Å². The van der Waals surface area contributed by atoms with Gasteiger partial charge in [0, 0.05) is 6.04 Å². The number of carbonyl (C=O) groups is 1. The summed E-state index contributed by atoms with van der Waals surface area (Å²) >= 11 is 0. The zero-order valence-corrected chi connectivity index (χ0v) is 11.3. The van der Waals surface area contributed by atoms with Crippen molar-refractivity contribution in [1.29, 1.82) is 0 Å². The smallest absolute Gasteiger partial charge is 0.251 e. The van der Waals surface area contributed by atoms with E-state index in [1.165, 1.54) is 19.9 Å². The molecule has 1 rings (SSSR count). The molecule has 0 radical (unpaired) electrons. The van der Waals surface area contributed by atoms with Gasteiger partial charge in [-0.1, -0.05) is 6.07 Å². The van der Waals surface area contributed by atoms with Crippen molar-refractivity contribution < 1.29 is 18.7 Å². The Morgan fingerprint density at radius 2 is 2.00 bits per heavy atom. The van der Waals surface area contributed by atoms with Gasteiger partial charge in [-0.3, -0.25) is 4.79 Å². The van der Waals surface area contributed by atoms with Crippen molar-refractivity contribution in [2.75, 3.05) is 0 Å². The van der Waals surface area contributed by atoms with Crippen LogP contribution in [0.1, 0.15) is 32.8 Å². The molecule has 0 heterocycles. The van der Waals surface area contributed by atoms with Crippen molar-refractivity contribution in [3.63, 3.8) is 0 Å². The van der Waals surface area contributed by atoms with Crippen molar-refractivity contribution in [1.82, 2.24) is 5.32 Å². The van der Waals surface area contributed by atoms with Crippen LogP contribution in [0.15, 0.2) is 18.2 Å². The standard InChI is InChI=1S/C14H19F2NO2/c1-9(17-13(18)14(2,3)19)4-5-10-6-7-11(15)12(16)8-10/h6-9,19H,4-5H2,1-3H3,(H,17,18). The van der Waals surface area contributed by atoms with Gasteiger partial charge in [0.1, 0.15) is 5.60 Å². The van der Waals surface area contributed by atoms with Gasteiger partial charge in [-0.05, 0) is 51.3 Å². The Bertz CT molecular complexity index is 455. The predicted molar refractivity (Wildman–Crippen MR) is 68.6 cm³/mol. The third-order valence-electron chi connectivity index (χ3n) is 2.78. The van der Waals surface area contributed by atoms with Gasteiger partial charge in [0.15, 0.2) is 11.6 Å². The largest absolute Gasteiger partial charge is 0.381 e. The number of amides is 1. The van der Waals surface area contributed by atoms with Crippen LogP contribution in [0.5, 0.6) is 0 Å². The van der Waals surface area contributed by atoms with Gasteiger partial charge in [0.05, 0.1) is 0 Å². The van der Waals surface area contributed by atoms with Crippen LogP contribution in [0, 0.1) is 11.6 Å². The van der Waals surface area contributed by atoms with E-state index in [9.17, 15) is 18.7 Å². The fourth-order valence-corrected chi connectivity index (χ4v) is 1.55. The highest BCUT2D eigenvalue weighted by atomic mass is 19.2. The first-order valence-corrected chi connectivity index (χ1v) is 6.17. The molecule has 2 N–H and O–H groups in total. The van der Waals surface area contributed by atoms with Gasteiger partial charge in [-0.15, -0.1) is 0 Å². The van der Waals surface area contributed by atoms with Crippen molar-refractivity contribution in [2.24, 2.45) is 0 Å². The molecule has 0 aliphatic rings. The number of aliphatic hydroxyl groups is 1. The number of nitrogens with one attached hydrogen (secondary N) is 1. The maximum atomic E-state index is 13.0. The van der Waals surface area contributed by atoms with E-state index in [0.717, 1.165) is 12.1 Å². The minimum atomic E-state index is -1.42. The molecule has 0 saturated heterocycles. The summed E-state index contributed by atoms with van der Waals surface area (Å²) in [6.45, 7) is 4.61. The van der Waals surface area contributed by atoms with Crippen LogP contribution in [-0.2, 0) is 11.2 Å². The lowest BCUT2D eigenvalue weighted by Crippen LogP contribution is -2.45. The quantitative estimate of drug-likeness (QED) is 0.862. The minimum Gasteiger partial charge on any atom is -0.381 e. The van der Waals surface area contributed by atoms with Gasteiger partial charge in [-0.25, -0.2) is 8.78 Å². The van der Waals surface area contributed by atoms with E-state index in [1.54, 1.807) is 6.92 Å². The Hall–Kier alpha value is -1.49. The summed E-state index contributed by atoms with van der Waals surface area (Å²) in [4.78, 5) is 11.5. The number of hydrogen-bond acceptors (Lipinski definition) is 2. The molecule has 0 bridgehead atoms. The van der Waals surface area contributed by atoms with Gasteiger partial charge >= 0.3 is 0 Å². The Balaban J connectivity index is 2.48. The van der Waals surface area contributed by atoms with E-state index in [0.29, 0.717) is 18.4 Å². The summed E-state index contributed by atoms with van der Waals surface area (Å²) < 4.78 is 25.7. The van der Waals surface area contributed by atoms with Gasteiger partial charge < -0.3 is 10.4 Å². The molecule has 1 atom stereocenters. The van der Waals surface area contributed by atoms with Crippen LogP contribution < -0.4 is 5.32 Å². The van der Waals surface area contributed by atoms with E-state index in [-0.39, 0.29) is 6.04 Å². The Kier molecular flexibility index (Phi) is 5.00. The molecule has 5 heteroatoms. The lowest BCUT2D eigenvalue weighted by Gasteiger charge is -2.21. The summed E-state index contributed by atoms with van der Waals surface area (Å²) in [5.41, 5.74) is -0.751. The molecule has 0 aliphatic carbocycles. The van der Waals surface area contributed by atoms with Crippen molar-refractivity contribution in [3.8, 4) is 0 Å². The third-order valence-corrected chi connectivity index (χ3v) is 2.78. The average molecular weight is 271 g/mol. The van der Waals surface area contributed by atoms with Crippen LogP contribution in [0.2, 0.25) is 0 Å². The van der Waals surface area contributed by atoms with Crippen LogP contribution in [-0.4, -0.2) is 22.7 Å². The molecular formula is C14H19F2NO2. The number of rotatable bonds is 5. The summed E-state index contributed by atoms with van der Waals surface area (Å²) in [5, 5.41) is 12.1. The average Bonchev–Trinajstić information content (AvgIpc) is 2.29. The summed E-state index contributed by atoms with van der Waals surface area (Å²) in [7, 11) is 0. The highest BCUT2D eigenvalue weighted by Gasteiger charge is 2.24. The summed E-state index contributed by atoms with van der Waals surface area (Å²) in [6, 6.07) is 3.60. The van der Waals surface area contributed by atoms with E-state index >= 15 is 0 Å². The Labute approximate surface area is 111 Å². The highest BCUT2D eigenvalue weighted by molar-refractivity contribution is 5.84. The molecule has 1 unspecified atom stereocenters. The van der Waals surface area contributed by atoms with E-state index in [4.69, 9.17) is 0 Å². The van der Waals surface area contributed by atoms with E-state index in [2.05, 4.69) is 5.32 Å². The lowest BCUT2D eigenvalue weighted by molar-refractivity contribution is -0.137. The molecule has 0 saturated carbocycles. The molecule has 106 valence electrons. The summed E-state index contributed by atoms with van der Waals surface area (Å²) in [5.74, 6) is -2.19. The maximum absolute atomic E-state index is 13.0. The second-order valence-corrected chi connectivity index (χ2v) is 5.22. The fraction of sp³-hybridized carbons (Fsp3) is 0.500.